The molecule has 0 heterocycles. The molecular weight excluding hydrogens is 187 g/mol. The predicted molar refractivity (Wildman–Crippen MR) is 45.3 cm³/mol. The van der Waals surface area contributed by atoms with Gasteiger partial charge in [-0.05, 0) is 12.8 Å². The molecule has 0 saturated carbocycles. The van der Waals surface area contributed by atoms with Gasteiger partial charge < -0.3 is 0 Å². The minimum atomic E-state index is -0.499. The average Bonchev–Trinajstić information content (AvgIpc) is 2.03. The van der Waals surface area contributed by atoms with Crippen LogP contribution < -0.4 is 0 Å². The van der Waals surface area contributed by atoms with Gasteiger partial charge in [0, 0.05) is 12.3 Å². The van der Waals surface area contributed by atoms with Gasteiger partial charge in [-0.1, -0.05) is 0 Å². The van der Waals surface area contributed by atoms with Gasteiger partial charge in [0.05, 0.1) is 5.88 Å². The lowest BCUT2D eigenvalue weighted by molar-refractivity contribution is -0.135. The summed E-state index contributed by atoms with van der Waals surface area (Å²) in [5.41, 5.74) is 0. The van der Waals surface area contributed by atoms with Gasteiger partial charge in [-0.15, -0.1) is 23.2 Å². The van der Waals surface area contributed by atoms with Crippen molar-refractivity contribution in [3.63, 3.8) is 0 Å². The zero-order valence-electron chi connectivity index (χ0n) is 6.11. The van der Waals surface area contributed by atoms with Crippen molar-refractivity contribution in [2.24, 2.45) is 0 Å². The maximum absolute atomic E-state index is 10.8. The first-order valence-corrected chi connectivity index (χ1v) is 4.47. The van der Waals surface area contributed by atoms with E-state index in [4.69, 9.17) is 23.2 Å². The number of halogens is 2. The molecule has 2 nitrogen and oxygen atoms in total. The number of unbranched alkanes of at least 4 members (excludes halogenated alkanes) is 1. The van der Waals surface area contributed by atoms with Crippen LogP contribution in [0.15, 0.2) is 0 Å². The molecule has 0 amide bonds. The summed E-state index contributed by atoms with van der Waals surface area (Å²) in [6.45, 7) is 0. The van der Waals surface area contributed by atoms with Crippen molar-refractivity contribution in [2.75, 3.05) is 11.8 Å². The molecule has 0 spiro atoms. The van der Waals surface area contributed by atoms with Crippen molar-refractivity contribution < 1.29 is 9.59 Å². The minimum Gasteiger partial charge on any atom is -0.291 e. The fourth-order valence-corrected chi connectivity index (χ4v) is 0.932. The van der Waals surface area contributed by atoms with Gasteiger partial charge in [0.1, 0.15) is 0 Å². The third-order valence-electron chi connectivity index (χ3n) is 1.22. The number of carbonyl (C=O) groups is 2. The molecule has 0 aliphatic carbocycles. The summed E-state index contributed by atoms with van der Waals surface area (Å²) in [6, 6.07) is 0. The lowest BCUT2D eigenvalue weighted by Gasteiger charge is -1.94. The highest BCUT2D eigenvalue weighted by molar-refractivity contribution is 6.47. The molecule has 0 bridgehead atoms. The van der Waals surface area contributed by atoms with Crippen molar-refractivity contribution >= 4 is 34.8 Å². The van der Waals surface area contributed by atoms with Crippen LogP contribution in [0, 0.1) is 0 Å². The Morgan fingerprint density at radius 1 is 1.00 bits per heavy atom. The Morgan fingerprint density at radius 3 is 2.09 bits per heavy atom. The zero-order chi connectivity index (χ0) is 8.69. The summed E-state index contributed by atoms with van der Waals surface area (Å²) >= 11 is 10.5. The largest absolute Gasteiger partial charge is 0.291 e. The van der Waals surface area contributed by atoms with Gasteiger partial charge in [-0.3, -0.25) is 9.59 Å². The summed E-state index contributed by atoms with van der Waals surface area (Å²) in [4.78, 5) is 21.4. The Hall–Kier alpha value is -0.0800. The average molecular weight is 197 g/mol. The fourth-order valence-electron chi connectivity index (χ4n) is 0.594. The minimum absolute atomic E-state index is 0.209. The SMILES string of the molecule is O=C(CCl)C(=O)CCCCCl. The normalized spacial score (nSPS) is 9.64. The smallest absolute Gasteiger partial charge is 0.213 e. The molecule has 0 aromatic heterocycles. The first-order chi connectivity index (χ1) is 5.22. The van der Waals surface area contributed by atoms with E-state index < -0.39 is 5.78 Å². The number of rotatable bonds is 6. The van der Waals surface area contributed by atoms with Crippen molar-refractivity contribution in [3.05, 3.63) is 0 Å². The maximum Gasteiger partial charge on any atom is 0.213 e. The highest BCUT2D eigenvalue weighted by Gasteiger charge is 2.10. The van der Waals surface area contributed by atoms with E-state index in [1.165, 1.54) is 0 Å². The monoisotopic (exact) mass is 196 g/mol. The molecule has 0 aromatic carbocycles. The van der Waals surface area contributed by atoms with Crippen LogP contribution in [0.5, 0.6) is 0 Å². The van der Waals surface area contributed by atoms with E-state index in [-0.39, 0.29) is 18.1 Å². The fraction of sp³-hybridized carbons (Fsp3) is 0.714. The van der Waals surface area contributed by atoms with E-state index in [2.05, 4.69) is 0 Å². The van der Waals surface area contributed by atoms with Crippen molar-refractivity contribution in [2.45, 2.75) is 19.3 Å². The molecular formula is C7H10Cl2O2. The molecule has 0 radical (unpaired) electrons. The van der Waals surface area contributed by atoms with Crippen LogP contribution in [-0.2, 0) is 9.59 Å². The van der Waals surface area contributed by atoms with Gasteiger partial charge in [0.25, 0.3) is 0 Å². The lowest BCUT2D eigenvalue weighted by atomic mass is 10.1. The summed E-state index contributed by atoms with van der Waals surface area (Å²) < 4.78 is 0. The first-order valence-electron chi connectivity index (χ1n) is 3.40. The van der Waals surface area contributed by atoms with Crippen molar-refractivity contribution in [1.29, 1.82) is 0 Å². The van der Waals surface area contributed by atoms with E-state index in [1.54, 1.807) is 0 Å². The van der Waals surface area contributed by atoms with Crippen LogP contribution in [0.1, 0.15) is 19.3 Å². The van der Waals surface area contributed by atoms with Crippen molar-refractivity contribution in [1.82, 2.24) is 0 Å². The maximum atomic E-state index is 10.8. The topological polar surface area (TPSA) is 34.1 Å². The second kappa shape index (κ2) is 6.62. The molecule has 0 aromatic rings. The molecule has 0 saturated heterocycles. The standard InChI is InChI=1S/C7H10Cl2O2/c8-4-2-1-3-6(10)7(11)5-9/h1-5H2. The van der Waals surface area contributed by atoms with Gasteiger partial charge in [-0.2, -0.15) is 0 Å². The molecule has 0 aliphatic heterocycles. The Kier molecular flexibility index (Phi) is 6.57. The summed E-state index contributed by atoms with van der Waals surface area (Å²) in [5, 5.41) is 0. The Labute approximate surface area is 75.9 Å². The second-order valence-electron chi connectivity index (χ2n) is 2.13. The quantitative estimate of drug-likeness (QED) is 0.369. The molecule has 0 fully saturated rings. The molecule has 4 heteroatoms. The lowest BCUT2D eigenvalue weighted by Crippen LogP contribution is -2.14. The van der Waals surface area contributed by atoms with Crippen LogP contribution in [0.4, 0.5) is 0 Å². The van der Waals surface area contributed by atoms with E-state index in [9.17, 15) is 9.59 Å². The third kappa shape index (κ3) is 5.22. The van der Waals surface area contributed by atoms with Crippen LogP contribution in [0.25, 0.3) is 0 Å². The first kappa shape index (κ1) is 10.9. The zero-order valence-corrected chi connectivity index (χ0v) is 7.62. The summed E-state index contributed by atoms with van der Waals surface area (Å²) in [5.74, 6) is -0.562. The molecule has 64 valence electrons. The van der Waals surface area contributed by atoms with E-state index in [1.807, 2.05) is 0 Å². The number of Topliss-reactive ketones (excluding diaryl/α,β-unsaturated/α-hetero) is 2. The number of carbonyl (C=O) groups excluding carboxylic acids is 2. The molecule has 0 unspecified atom stereocenters. The molecule has 0 N–H and O–H groups in total. The third-order valence-corrected chi connectivity index (χ3v) is 1.73. The highest BCUT2D eigenvalue weighted by atomic mass is 35.5. The number of ketones is 2. The van der Waals surface area contributed by atoms with E-state index in [0.29, 0.717) is 12.3 Å². The van der Waals surface area contributed by atoms with Gasteiger partial charge in [0.15, 0.2) is 5.78 Å². The molecule has 0 atom stereocenters. The van der Waals surface area contributed by atoms with Crippen LogP contribution in [0.3, 0.4) is 0 Å². The number of alkyl halides is 2. The number of hydrogen-bond acceptors (Lipinski definition) is 2. The van der Waals surface area contributed by atoms with Gasteiger partial charge >= 0.3 is 0 Å². The van der Waals surface area contributed by atoms with Crippen molar-refractivity contribution in [3.8, 4) is 0 Å². The Morgan fingerprint density at radius 2 is 1.64 bits per heavy atom. The van der Waals surface area contributed by atoms with Crippen LogP contribution in [-0.4, -0.2) is 23.3 Å². The van der Waals surface area contributed by atoms with Gasteiger partial charge in [-0.25, -0.2) is 0 Å². The van der Waals surface area contributed by atoms with Crippen LogP contribution in [0.2, 0.25) is 0 Å². The Bertz CT molecular complexity index is 145. The molecule has 0 aliphatic rings. The number of hydrogen-bond donors (Lipinski definition) is 0. The van der Waals surface area contributed by atoms with Gasteiger partial charge in [0.2, 0.25) is 5.78 Å². The van der Waals surface area contributed by atoms with E-state index >= 15 is 0 Å². The predicted octanol–water partition coefficient (Wildman–Crippen LogP) is 1.77. The summed E-state index contributed by atoms with van der Waals surface area (Å²) in [6.07, 6.45) is 1.71. The van der Waals surface area contributed by atoms with Crippen LogP contribution >= 0.6 is 23.2 Å². The summed E-state index contributed by atoms with van der Waals surface area (Å²) in [7, 11) is 0. The highest BCUT2D eigenvalue weighted by Crippen LogP contribution is 1.99. The second-order valence-corrected chi connectivity index (χ2v) is 2.77. The Balaban J connectivity index is 3.44. The molecule has 11 heavy (non-hydrogen) atoms. The molecule has 0 rings (SSSR count). The van der Waals surface area contributed by atoms with E-state index in [0.717, 1.165) is 6.42 Å².